The molecule has 1 aromatic carbocycles. The summed E-state index contributed by atoms with van der Waals surface area (Å²) in [6, 6.07) is 5.49. The Bertz CT molecular complexity index is 704. The fourth-order valence-electron chi connectivity index (χ4n) is 3.34. The summed E-state index contributed by atoms with van der Waals surface area (Å²) in [5.41, 5.74) is 2.71. The van der Waals surface area contributed by atoms with E-state index < -0.39 is 6.04 Å². The van der Waals surface area contributed by atoms with Crippen molar-refractivity contribution in [3.05, 3.63) is 34.9 Å². The van der Waals surface area contributed by atoms with Crippen LogP contribution in [-0.4, -0.2) is 48.3 Å². The van der Waals surface area contributed by atoms with Gasteiger partial charge in [0.15, 0.2) is 0 Å². The molecule has 0 bridgehead atoms. The summed E-state index contributed by atoms with van der Waals surface area (Å²) in [6.07, 6.45) is 0.657. The van der Waals surface area contributed by atoms with Gasteiger partial charge >= 0.3 is 0 Å². The lowest BCUT2D eigenvalue weighted by molar-refractivity contribution is -0.136. The van der Waals surface area contributed by atoms with Gasteiger partial charge < -0.3 is 15.5 Å². The van der Waals surface area contributed by atoms with Crippen LogP contribution in [-0.2, 0) is 22.7 Å². The molecule has 134 valence electrons. The first-order valence-electron chi connectivity index (χ1n) is 8.64. The summed E-state index contributed by atoms with van der Waals surface area (Å²) in [6.45, 7) is 4.01. The Labute approximate surface area is 147 Å². The summed E-state index contributed by atoms with van der Waals surface area (Å²) >= 11 is 0. The number of fused-ring (bicyclic) bond motifs is 1. The van der Waals surface area contributed by atoms with Crippen LogP contribution in [0.2, 0.25) is 0 Å². The van der Waals surface area contributed by atoms with Crippen molar-refractivity contribution in [1.29, 1.82) is 0 Å². The molecular formula is C18H24N4O3. The van der Waals surface area contributed by atoms with Crippen LogP contribution in [0.25, 0.3) is 0 Å². The number of piperidine rings is 1. The van der Waals surface area contributed by atoms with Crippen LogP contribution < -0.4 is 16.0 Å². The van der Waals surface area contributed by atoms with Gasteiger partial charge in [-0.25, -0.2) is 0 Å². The van der Waals surface area contributed by atoms with Gasteiger partial charge in [-0.1, -0.05) is 12.1 Å². The highest BCUT2D eigenvalue weighted by Crippen LogP contribution is 2.29. The molecule has 2 aliphatic rings. The number of carbonyl (C=O) groups is 3. The first-order valence-corrected chi connectivity index (χ1v) is 8.64. The molecule has 25 heavy (non-hydrogen) atoms. The molecule has 1 saturated heterocycles. The first kappa shape index (κ1) is 17.6. The van der Waals surface area contributed by atoms with E-state index in [1.165, 1.54) is 0 Å². The Balaban J connectivity index is 1.73. The van der Waals surface area contributed by atoms with Crippen molar-refractivity contribution in [2.45, 2.75) is 44.9 Å². The maximum atomic E-state index is 12.7. The Morgan fingerprint density at radius 1 is 1.32 bits per heavy atom. The van der Waals surface area contributed by atoms with Gasteiger partial charge in [-0.15, -0.1) is 0 Å². The van der Waals surface area contributed by atoms with E-state index in [1.54, 1.807) is 4.90 Å². The van der Waals surface area contributed by atoms with E-state index in [-0.39, 0.29) is 24.1 Å². The smallest absolute Gasteiger partial charge is 0.255 e. The lowest BCUT2D eigenvalue weighted by Gasteiger charge is -2.29. The third kappa shape index (κ3) is 3.57. The molecule has 1 fully saturated rings. The van der Waals surface area contributed by atoms with Crippen LogP contribution in [0.4, 0.5) is 0 Å². The van der Waals surface area contributed by atoms with Gasteiger partial charge in [0.1, 0.15) is 6.04 Å². The maximum Gasteiger partial charge on any atom is 0.255 e. The second-order valence-electron chi connectivity index (χ2n) is 6.66. The second kappa shape index (κ2) is 7.33. The van der Waals surface area contributed by atoms with E-state index in [4.69, 9.17) is 0 Å². The molecule has 2 unspecified atom stereocenters. The second-order valence-corrected chi connectivity index (χ2v) is 6.66. The van der Waals surface area contributed by atoms with Crippen molar-refractivity contribution in [3.63, 3.8) is 0 Å². The number of imide groups is 1. The van der Waals surface area contributed by atoms with Gasteiger partial charge in [0.05, 0.1) is 0 Å². The average Bonchev–Trinajstić information content (AvgIpc) is 2.92. The Morgan fingerprint density at radius 3 is 2.84 bits per heavy atom. The molecule has 7 heteroatoms. The molecule has 2 aliphatic heterocycles. The van der Waals surface area contributed by atoms with Crippen LogP contribution in [0, 0.1) is 0 Å². The lowest BCUT2D eigenvalue weighted by atomic mass is 10.0. The minimum absolute atomic E-state index is 0.130. The molecule has 3 rings (SSSR count). The van der Waals surface area contributed by atoms with Crippen molar-refractivity contribution < 1.29 is 14.4 Å². The quantitative estimate of drug-likeness (QED) is 0.639. The number of benzene rings is 1. The van der Waals surface area contributed by atoms with Crippen molar-refractivity contribution in [2.75, 3.05) is 13.6 Å². The van der Waals surface area contributed by atoms with Crippen molar-refractivity contribution >= 4 is 17.7 Å². The molecule has 0 radical (unpaired) electrons. The summed E-state index contributed by atoms with van der Waals surface area (Å²) in [5.74, 6) is -0.774. The molecule has 3 N–H and O–H groups in total. The number of nitrogens with one attached hydrogen (secondary N) is 3. The van der Waals surface area contributed by atoms with Gasteiger partial charge in [0.2, 0.25) is 11.8 Å². The van der Waals surface area contributed by atoms with Gasteiger partial charge in [0, 0.05) is 37.7 Å². The van der Waals surface area contributed by atoms with Crippen molar-refractivity contribution in [1.82, 2.24) is 20.9 Å². The minimum atomic E-state index is -0.567. The van der Waals surface area contributed by atoms with Crippen LogP contribution in [0.1, 0.15) is 41.3 Å². The monoisotopic (exact) mass is 344 g/mol. The minimum Gasteiger partial charge on any atom is -0.322 e. The number of hydrogen-bond acceptors (Lipinski definition) is 5. The predicted octanol–water partition coefficient (Wildman–Crippen LogP) is 0.145. The highest BCUT2D eigenvalue weighted by molar-refractivity contribution is 6.05. The largest absolute Gasteiger partial charge is 0.322 e. The molecule has 0 spiro atoms. The average molecular weight is 344 g/mol. The number of hydrogen-bond donors (Lipinski definition) is 3. The third-order valence-electron chi connectivity index (χ3n) is 4.94. The zero-order valence-corrected chi connectivity index (χ0v) is 14.6. The van der Waals surface area contributed by atoms with E-state index in [9.17, 15) is 14.4 Å². The number of nitrogens with zero attached hydrogens (tertiary/aromatic N) is 1. The Morgan fingerprint density at radius 2 is 2.12 bits per heavy atom. The van der Waals surface area contributed by atoms with Crippen LogP contribution >= 0.6 is 0 Å². The zero-order chi connectivity index (χ0) is 18.0. The fourth-order valence-corrected chi connectivity index (χ4v) is 3.34. The standard InChI is InChI=1S/C18H24N4O3/c1-11(19-2)8-20-9-12-4-3-5-13-14(12)10-22(18(13)25)15-6-7-16(23)21-17(15)24/h3-5,11,15,19-20H,6-10H2,1-2H3,(H,21,23,24). The highest BCUT2D eigenvalue weighted by atomic mass is 16.2. The molecule has 7 nitrogen and oxygen atoms in total. The molecule has 0 aliphatic carbocycles. The highest BCUT2D eigenvalue weighted by Gasteiger charge is 2.39. The van der Waals surface area contributed by atoms with E-state index in [0.29, 0.717) is 31.1 Å². The van der Waals surface area contributed by atoms with Crippen LogP contribution in [0.5, 0.6) is 0 Å². The van der Waals surface area contributed by atoms with Crippen LogP contribution in [0.3, 0.4) is 0 Å². The first-order chi connectivity index (χ1) is 12.0. The summed E-state index contributed by atoms with van der Waals surface area (Å²) in [7, 11) is 1.92. The Kier molecular flexibility index (Phi) is 5.15. The molecule has 3 amide bonds. The lowest BCUT2D eigenvalue weighted by Crippen LogP contribution is -2.52. The van der Waals surface area contributed by atoms with Gasteiger partial charge in [0.25, 0.3) is 5.91 Å². The molecule has 2 atom stereocenters. The van der Waals surface area contributed by atoms with E-state index in [1.807, 2.05) is 25.2 Å². The van der Waals surface area contributed by atoms with Crippen LogP contribution in [0.15, 0.2) is 18.2 Å². The molecular weight excluding hydrogens is 320 g/mol. The SMILES string of the molecule is CNC(C)CNCc1cccc2c1CN(C1CCC(=O)NC1=O)C2=O. The summed E-state index contributed by atoms with van der Waals surface area (Å²) in [4.78, 5) is 37.8. The molecule has 0 saturated carbocycles. The van der Waals surface area contributed by atoms with Crippen molar-refractivity contribution in [2.24, 2.45) is 0 Å². The molecule has 0 aromatic heterocycles. The van der Waals surface area contributed by atoms with Gasteiger partial charge in [-0.05, 0) is 37.6 Å². The number of rotatable bonds is 6. The summed E-state index contributed by atoms with van der Waals surface area (Å²) < 4.78 is 0. The fraction of sp³-hybridized carbons (Fsp3) is 0.500. The summed E-state index contributed by atoms with van der Waals surface area (Å²) in [5, 5.41) is 8.89. The number of carbonyl (C=O) groups excluding carboxylic acids is 3. The van der Waals surface area contributed by atoms with Crippen molar-refractivity contribution in [3.8, 4) is 0 Å². The number of amides is 3. The maximum absolute atomic E-state index is 12.7. The Hall–Kier alpha value is -2.25. The molecule has 2 heterocycles. The van der Waals surface area contributed by atoms with E-state index in [0.717, 1.165) is 17.7 Å². The normalized spacial score (nSPS) is 21.3. The van der Waals surface area contributed by atoms with Gasteiger partial charge in [-0.3, -0.25) is 19.7 Å². The third-order valence-corrected chi connectivity index (χ3v) is 4.94. The van der Waals surface area contributed by atoms with E-state index >= 15 is 0 Å². The number of likely N-dealkylation sites (N-methyl/N-ethyl adjacent to an activating group) is 1. The predicted molar refractivity (Wildman–Crippen MR) is 92.7 cm³/mol. The van der Waals surface area contributed by atoms with Gasteiger partial charge in [-0.2, -0.15) is 0 Å². The zero-order valence-electron chi connectivity index (χ0n) is 14.6. The molecule has 1 aromatic rings. The van der Waals surface area contributed by atoms with E-state index in [2.05, 4.69) is 22.9 Å². The topological polar surface area (TPSA) is 90.5 Å².